The molecule has 1 aliphatic rings. The van der Waals surface area contributed by atoms with E-state index in [9.17, 15) is 8.78 Å². The molecule has 1 N–H and O–H groups in total. The molecule has 0 radical (unpaired) electrons. The van der Waals surface area contributed by atoms with Crippen LogP contribution in [0.25, 0.3) is 0 Å². The highest BCUT2D eigenvalue weighted by Gasteiger charge is 2.34. The van der Waals surface area contributed by atoms with Gasteiger partial charge in [-0.2, -0.15) is 0 Å². The summed E-state index contributed by atoms with van der Waals surface area (Å²) in [6.07, 6.45) is 4.25. The molecule has 0 amide bonds. The summed E-state index contributed by atoms with van der Waals surface area (Å²) < 4.78 is 26.1. The summed E-state index contributed by atoms with van der Waals surface area (Å²) in [5.74, 6) is -1.50. The summed E-state index contributed by atoms with van der Waals surface area (Å²) in [5, 5.41) is 3.47. The zero-order chi connectivity index (χ0) is 13.2. The molecule has 0 heterocycles. The minimum Gasteiger partial charge on any atom is -0.314 e. The molecule has 3 heteroatoms. The lowest BCUT2D eigenvalue weighted by molar-refractivity contribution is 0.322. The van der Waals surface area contributed by atoms with Gasteiger partial charge < -0.3 is 5.32 Å². The van der Waals surface area contributed by atoms with E-state index in [1.165, 1.54) is 18.6 Å². The van der Waals surface area contributed by atoms with Crippen LogP contribution in [0, 0.1) is 17.0 Å². The van der Waals surface area contributed by atoms with Gasteiger partial charge in [0.25, 0.3) is 0 Å². The van der Waals surface area contributed by atoms with Crippen molar-refractivity contribution in [1.82, 2.24) is 5.32 Å². The normalized spacial score (nSPS) is 27.7. The molecule has 2 unspecified atom stereocenters. The molecular formula is C15H21F2N. The van der Waals surface area contributed by atoms with Gasteiger partial charge in [0.15, 0.2) is 11.6 Å². The molecule has 0 bridgehead atoms. The van der Waals surface area contributed by atoms with E-state index in [0.29, 0.717) is 6.04 Å². The Bertz CT molecular complexity index is 419. The first-order valence-corrected chi connectivity index (χ1v) is 6.70. The Balaban J connectivity index is 2.02. The van der Waals surface area contributed by atoms with Crippen LogP contribution in [0.4, 0.5) is 8.78 Å². The summed E-state index contributed by atoms with van der Waals surface area (Å²) in [6, 6.07) is 4.83. The summed E-state index contributed by atoms with van der Waals surface area (Å²) in [7, 11) is 0. The Labute approximate surface area is 108 Å². The predicted octanol–water partition coefficient (Wildman–Crippen LogP) is 3.68. The second-order valence-electron chi connectivity index (χ2n) is 5.73. The minimum absolute atomic E-state index is 0.205. The Morgan fingerprint density at radius 3 is 2.78 bits per heavy atom. The standard InChI is InChI=1S/C15H21F2N/c1-3-18-12-6-7-15(2,10-12)9-11-4-5-13(16)14(17)8-11/h4-5,8,12,18H,3,6-7,9-10H2,1-2H3. The van der Waals surface area contributed by atoms with Crippen molar-refractivity contribution in [2.75, 3.05) is 6.54 Å². The van der Waals surface area contributed by atoms with Gasteiger partial charge in [0.05, 0.1) is 0 Å². The largest absolute Gasteiger partial charge is 0.314 e. The van der Waals surface area contributed by atoms with Crippen molar-refractivity contribution in [1.29, 1.82) is 0 Å². The van der Waals surface area contributed by atoms with E-state index in [-0.39, 0.29) is 5.41 Å². The van der Waals surface area contributed by atoms with Crippen LogP contribution in [0.5, 0.6) is 0 Å². The van der Waals surface area contributed by atoms with Crippen LogP contribution < -0.4 is 5.32 Å². The van der Waals surface area contributed by atoms with Crippen LogP contribution in [0.15, 0.2) is 18.2 Å². The van der Waals surface area contributed by atoms with Gasteiger partial charge in [-0.1, -0.05) is 19.9 Å². The van der Waals surface area contributed by atoms with Crippen LogP contribution in [0.3, 0.4) is 0 Å². The van der Waals surface area contributed by atoms with Crippen molar-refractivity contribution in [3.05, 3.63) is 35.4 Å². The Kier molecular flexibility index (Phi) is 4.00. The summed E-state index contributed by atoms with van der Waals surface area (Å²) in [6.45, 7) is 5.35. The molecule has 1 aliphatic carbocycles. The third kappa shape index (κ3) is 3.08. The number of hydrogen-bond donors (Lipinski definition) is 1. The van der Waals surface area contributed by atoms with Gasteiger partial charge in [0, 0.05) is 6.04 Å². The van der Waals surface area contributed by atoms with Crippen LogP contribution >= 0.6 is 0 Å². The Morgan fingerprint density at radius 2 is 2.11 bits per heavy atom. The van der Waals surface area contributed by atoms with E-state index in [1.807, 2.05) is 0 Å². The molecule has 1 aromatic rings. The minimum atomic E-state index is -0.763. The SMILES string of the molecule is CCNC1CCC(C)(Cc2ccc(F)c(F)c2)C1. The van der Waals surface area contributed by atoms with E-state index in [2.05, 4.69) is 19.2 Å². The first-order chi connectivity index (χ1) is 8.52. The molecule has 1 saturated carbocycles. The van der Waals surface area contributed by atoms with Crippen molar-refractivity contribution in [3.63, 3.8) is 0 Å². The molecule has 0 saturated heterocycles. The maximum atomic E-state index is 13.2. The number of halogens is 2. The highest BCUT2D eigenvalue weighted by molar-refractivity contribution is 5.19. The molecule has 0 aromatic heterocycles. The summed E-state index contributed by atoms with van der Waals surface area (Å²) in [5.41, 5.74) is 1.10. The van der Waals surface area contributed by atoms with Crippen molar-refractivity contribution < 1.29 is 8.78 Å². The second-order valence-corrected chi connectivity index (χ2v) is 5.73. The van der Waals surface area contributed by atoms with Gasteiger partial charge in [0.1, 0.15) is 0 Å². The summed E-state index contributed by atoms with van der Waals surface area (Å²) >= 11 is 0. The molecule has 0 aliphatic heterocycles. The highest BCUT2D eigenvalue weighted by atomic mass is 19.2. The maximum Gasteiger partial charge on any atom is 0.159 e. The van der Waals surface area contributed by atoms with E-state index >= 15 is 0 Å². The first kappa shape index (κ1) is 13.5. The number of nitrogens with one attached hydrogen (secondary N) is 1. The van der Waals surface area contributed by atoms with Crippen LogP contribution in [-0.2, 0) is 6.42 Å². The van der Waals surface area contributed by atoms with Gasteiger partial charge in [-0.05, 0) is 55.3 Å². The molecule has 1 aromatic carbocycles. The van der Waals surface area contributed by atoms with Crippen LogP contribution in [0.2, 0.25) is 0 Å². The highest BCUT2D eigenvalue weighted by Crippen LogP contribution is 2.40. The van der Waals surface area contributed by atoms with Gasteiger partial charge in [-0.25, -0.2) is 8.78 Å². The molecule has 2 atom stereocenters. The third-order valence-corrected chi connectivity index (χ3v) is 3.94. The molecule has 100 valence electrons. The average Bonchev–Trinajstić information content (AvgIpc) is 2.66. The fourth-order valence-corrected chi connectivity index (χ4v) is 3.09. The van der Waals surface area contributed by atoms with Crippen LogP contribution in [-0.4, -0.2) is 12.6 Å². The smallest absolute Gasteiger partial charge is 0.159 e. The lowest BCUT2D eigenvalue weighted by Gasteiger charge is -2.24. The molecule has 2 rings (SSSR count). The fourth-order valence-electron chi connectivity index (χ4n) is 3.09. The average molecular weight is 253 g/mol. The predicted molar refractivity (Wildman–Crippen MR) is 69.5 cm³/mol. The van der Waals surface area contributed by atoms with E-state index in [4.69, 9.17) is 0 Å². The second kappa shape index (κ2) is 5.35. The zero-order valence-corrected chi connectivity index (χ0v) is 11.1. The first-order valence-electron chi connectivity index (χ1n) is 6.70. The lowest BCUT2D eigenvalue weighted by Crippen LogP contribution is -2.28. The lowest BCUT2D eigenvalue weighted by atomic mass is 9.82. The van der Waals surface area contributed by atoms with Gasteiger partial charge in [-0.3, -0.25) is 0 Å². The monoisotopic (exact) mass is 253 g/mol. The van der Waals surface area contributed by atoms with Gasteiger partial charge in [-0.15, -0.1) is 0 Å². The zero-order valence-electron chi connectivity index (χ0n) is 11.1. The number of hydrogen-bond acceptors (Lipinski definition) is 1. The van der Waals surface area contributed by atoms with Gasteiger partial charge >= 0.3 is 0 Å². The quantitative estimate of drug-likeness (QED) is 0.863. The number of benzene rings is 1. The van der Waals surface area contributed by atoms with Crippen molar-refractivity contribution in [3.8, 4) is 0 Å². The Morgan fingerprint density at radius 1 is 1.33 bits per heavy atom. The topological polar surface area (TPSA) is 12.0 Å². The van der Waals surface area contributed by atoms with Crippen LogP contribution in [0.1, 0.15) is 38.7 Å². The summed E-state index contributed by atoms with van der Waals surface area (Å²) in [4.78, 5) is 0. The molecule has 1 nitrogen and oxygen atoms in total. The molecule has 18 heavy (non-hydrogen) atoms. The fraction of sp³-hybridized carbons (Fsp3) is 0.600. The molecule has 1 fully saturated rings. The van der Waals surface area contributed by atoms with Gasteiger partial charge in [0.2, 0.25) is 0 Å². The van der Waals surface area contributed by atoms with E-state index in [0.717, 1.165) is 31.4 Å². The maximum absolute atomic E-state index is 13.2. The van der Waals surface area contributed by atoms with Crippen molar-refractivity contribution >= 4 is 0 Å². The molecular weight excluding hydrogens is 232 g/mol. The third-order valence-electron chi connectivity index (χ3n) is 3.94. The Hall–Kier alpha value is -0.960. The van der Waals surface area contributed by atoms with E-state index < -0.39 is 11.6 Å². The number of rotatable bonds is 4. The van der Waals surface area contributed by atoms with E-state index in [1.54, 1.807) is 6.07 Å². The van der Waals surface area contributed by atoms with Crippen molar-refractivity contribution in [2.24, 2.45) is 5.41 Å². The van der Waals surface area contributed by atoms with Crippen molar-refractivity contribution in [2.45, 2.75) is 45.6 Å². The molecule has 0 spiro atoms.